The van der Waals surface area contributed by atoms with Crippen molar-refractivity contribution in [3.05, 3.63) is 0 Å². The first kappa shape index (κ1) is 13.9. The molecule has 0 spiro atoms. The Bertz CT molecular complexity index is 170. The molecular weight excluding hydrogens is 202 g/mol. The van der Waals surface area contributed by atoms with Crippen LogP contribution in [0.5, 0.6) is 0 Å². The van der Waals surface area contributed by atoms with Crippen molar-refractivity contribution in [3.63, 3.8) is 0 Å². The van der Waals surface area contributed by atoms with Gasteiger partial charge in [0.1, 0.15) is 0 Å². The molecule has 1 saturated heterocycles. The zero-order valence-electron chi connectivity index (χ0n) is 10.7. The van der Waals surface area contributed by atoms with Crippen molar-refractivity contribution < 1.29 is 4.74 Å². The highest BCUT2D eigenvalue weighted by Gasteiger charge is 2.19. The van der Waals surface area contributed by atoms with E-state index in [0.29, 0.717) is 12.1 Å². The number of likely N-dealkylation sites (tertiary alicyclic amines) is 1. The Balaban J connectivity index is 2.24. The summed E-state index contributed by atoms with van der Waals surface area (Å²) in [6.45, 7) is 3.98. The molecule has 1 rings (SSSR count). The molecule has 1 atom stereocenters. The Hall–Kier alpha value is -0.160. The summed E-state index contributed by atoms with van der Waals surface area (Å²) in [4.78, 5) is 2.39. The van der Waals surface area contributed by atoms with Gasteiger partial charge in [0, 0.05) is 19.2 Å². The molecule has 0 amide bonds. The van der Waals surface area contributed by atoms with Gasteiger partial charge in [-0.25, -0.2) is 0 Å². The second kappa shape index (κ2) is 8.01. The Morgan fingerprint density at radius 3 is 2.69 bits per heavy atom. The fourth-order valence-electron chi connectivity index (χ4n) is 2.29. The number of nitrogens with two attached hydrogens (primary N) is 1. The third-order valence-electron chi connectivity index (χ3n) is 3.31. The van der Waals surface area contributed by atoms with Gasteiger partial charge in [0.2, 0.25) is 0 Å². The number of hydrogen-bond acceptors (Lipinski definition) is 4. The van der Waals surface area contributed by atoms with Crippen LogP contribution in [0, 0.1) is 0 Å². The average Bonchev–Trinajstić information content (AvgIpc) is 2.29. The summed E-state index contributed by atoms with van der Waals surface area (Å²) < 4.78 is 5.25. The van der Waals surface area contributed by atoms with E-state index in [4.69, 9.17) is 10.5 Å². The quantitative estimate of drug-likeness (QED) is 0.664. The number of rotatable bonds is 7. The molecule has 16 heavy (non-hydrogen) atoms. The highest BCUT2D eigenvalue weighted by molar-refractivity contribution is 4.79. The molecule has 0 aliphatic carbocycles. The largest absolute Gasteiger partial charge is 0.383 e. The van der Waals surface area contributed by atoms with Gasteiger partial charge in [-0.05, 0) is 52.4 Å². The van der Waals surface area contributed by atoms with E-state index in [0.717, 1.165) is 26.0 Å². The van der Waals surface area contributed by atoms with Crippen molar-refractivity contribution >= 4 is 0 Å². The summed E-state index contributed by atoms with van der Waals surface area (Å²) in [7, 11) is 3.96. The van der Waals surface area contributed by atoms with Crippen LogP contribution in [-0.2, 0) is 4.74 Å². The zero-order chi connectivity index (χ0) is 11.8. The first-order valence-electron chi connectivity index (χ1n) is 6.40. The van der Waals surface area contributed by atoms with Gasteiger partial charge >= 0.3 is 0 Å². The van der Waals surface area contributed by atoms with Gasteiger partial charge in [-0.2, -0.15) is 0 Å². The topological polar surface area (TPSA) is 50.5 Å². The maximum absolute atomic E-state index is 5.55. The molecule has 0 aromatic rings. The molecule has 0 radical (unpaired) electrons. The van der Waals surface area contributed by atoms with Gasteiger partial charge < -0.3 is 20.7 Å². The molecule has 4 nitrogen and oxygen atoms in total. The van der Waals surface area contributed by atoms with Crippen molar-refractivity contribution in [2.45, 2.75) is 37.8 Å². The maximum atomic E-state index is 5.55. The third kappa shape index (κ3) is 5.25. The average molecular weight is 229 g/mol. The zero-order valence-corrected chi connectivity index (χ0v) is 10.7. The van der Waals surface area contributed by atoms with Gasteiger partial charge in [0.25, 0.3) is 0 Å². The van der Waals surface area contributed by atoms with Gasteiger partial charge in [0.05, 0.1) is 6.61 Å². The molecular formula is C12H27N3O. The van der Waals surface area contributed by atoms with Crippen molar-refractivity contribution in [3.8, 4) is 0 Å². The molecule has 1 fully saturated rings. The highest BCUT2D eigenvalue weighted by Crippen LogP contribution is 2.10. The number of nitrogens with zero attached hydrogens (tertiary/aromatic N) is 1. The number of nitrogens with one attached hydrogen (secondary N) is 1. The molecule has 0 bridgehead atoms. The standard InChI is InChI=1S/C12H27N3O/c1-15-8-5-11(6-9-15)14-12(10-16-2)4-3-7-13/h11-12,14H,3-10,13H2,1-2H3. The van der Waals surface area contributed by atoms with E-state index in [9.17, 15) is 0 Å². The van der Waals surface area contributed by atoms with Crippen LogP contribution in [0.25, 0.3) is 0 Å². The minimum Gasteiger partial charge on any atom is -0.383 e. The van der Waals surface area contributed by atoms with Crippen LogP contribution in [0.15, 0.2) is 0 Å². The Morgan fingerprint density at radius 2 is 2.12 bits per heavy atom. The van der Waals surface area contributed by atoms with Crippen LogP contribution >= 0.6 is 0 Å². The Labute approximate surface area is 99.5 Å². The second-order valence-corrected chi connectivity index (χ2v) is 4.83. The highest BCUT2D eigenvalue weighted by atomic mass is 16.5. The first-order chi connectivity index (χ1) is 7.76. The predicted molar refractivity (Wildman–Crippen MR) is 67.6 cm³/mol. The van der Waals surface area contributed by atoms with E-state index in [-0.39, 0.29) is 0 Å². The molecule has 96 valence electrons. The maximum Gasteiger partial charge on any atom is 0.0615 e. The molecule has 0 aromatic carbocycles. The SMILES string of the molecule is COCC(CCCN)NC1CCN(C)CC1. The summed E-state index contributed by atoms with van der Waals surface area (Å²) in [6, 6.07) is 1.14. The smallest absolute Gasteiger partial charge is 0.0615 e. The van der Waals surface area contributed by atoms with Crippen LogP contribution in [-0.4, -0.2) is 57.4 Å². The lowest BCUT2D eigenvalue weighted by Gasteiger charge is -2.32. The van der Waals surface area contributed by atoms with Crippen molar-refractivity contribution in [1.29, 1.82) is 0 Å². The minimum atomic E-state index is 0.474. The van der Waals surface area contributed by atoms with E-state index < -0.39 is 0 Å². The lowest BCUT2D eigenvalue weighted by molar-refractivity contribution is 0.143. The van der Waals surface area contributed by atoms with E-state index in [1.165, 1.54) is 25.9 Å². The monoisotopic (exact) mass is 229 g/mol. The third-order valence-corrected chi connectivity index (χ3v) is 3.31. The van der Waals surface area contributed by atoms with Gasteiger partial charge in [-0.1, -0.05) is 0 Å². The van der Waals surface area contributed by atoms with E-state index in [2.05, 4.69) is 17.3 Å². The lowest BCUT2D eigenvalue weighted by atomic mass is 10.0. The van der Waals surface area contributed by atoms with Gasteiger partial charge in [-0.15, -0.1) is 0 Å². The van der Waals surface area contributed by atoms with Gasteiger partial charge in [0.15, 0.2) is 0 Å². The molecule has 1 unspecified atom stereocenters. The van der Waals surface area contributed by atoms with Crippen molar-refractivity contribution in [2.75, 3.05) is 40.4 Å². The van der Waals surface area contributed by atoms with Crippen LogP contribution in [0.3, 0.4) is 0 Å². The van der Waals surface area contributed by atoms with Crippen LogP contribution < -0.4 is 11.1 Å². The Kier molecular flexibility index (Phi) is 6.96. The predicted octanol–water partition coefficient (Wildman–Crippen LogP) is 0.424. The normalized spacial score (nSPS) is 21.2. The molecule has 1 aliphatic rings. The molecule has 1 heterocycles. The number of piperidine rings is 1. The van der Waals surface area contributed by atoms with Crippen molar-refractivity contribution in [1.82, 2.24) is 10.2 Å². The van der Waals surface area contributed by atoms with Crippen LogP contribution in [0.4, 0.5) is 0 Å². The van der Waals surface area contributed by atoms with E-state index >= 15 is 0 Å². The van der Waals surface area contributed by atoms with E-state index in [1.807, 2.05) is 0 Å². The summed E-state index contributed by atoms with van der Waals surface area (Å²) in [5, 5.41) is 3.70. The molecule has 0 saturated carbocycles. The van der Waals surface area contributed by atoms with Crippen LogP contribution in [0.2, 0.25) is 0 Å². The molecule has 0 aromatic heterocycles. The minimum absolute atomic E-state index is 0.474. The molecule has 3 N–H and O–H groups in total. The van der Waals surface area contributed by atoms with Crippen LogP contribution in [0.1, 0.15) is 25.7 Å². The van der Waals surface area contributed by atoms with Crippen molar-refractivity contribution in [2.24, 2.45) is 5.73 Å². The number of hydrogen-bond donors (Lipinski definition) is 2. The molecule has 1 aliphatic heterocycles. The summed E-state index contributed by atoms with van der Waals surface area (Å²) >= 11 is 0. The molecule has 4 heteroatoms. The first-order valence-corrected chi connectivity index (χ1v) is 6.40. The van der Waals surface area contributed by atoms with E-state index in [1.54, 1.807) is 7.11 Å². The Morgan fingerprint density at radius 1 is 1.44 bits per heavy atom. The number of methoxy groups -OCH3 is 1. The second-order valence-electron chi connectivity index (χ2n) is 4.83. The van der Waals surface area contributed by atoms with Gasteiger partial charge in [-0.3, -0.25) is 0 Å². The lowest BCUT2D eigenvalue weighted by Crippen LogP contribution is -2.46. The fourth-order valence-corrected chi connectivity index (χ4v) is 2.29. The fraction of sp³-hybridized carbons (Fsp3) is 1.00. The summed E-state index contributed by atoms with van der Waals surface area (Å²) in [5.74, 6) is 0. The number of ether oxygens (including phenoxy) is 1. The summed E-state index contributed by atoms with van der Waals surface area (Å²) in [6.07, 6.45) is 4.70. The summed E-state index contributed by atoms with van der Waals surface area (Å²) in [5.41, 5.74) is 5.55.